The standard InChI is InChI=1S/C10H9FOS/c11-9-5-4-8(10(12)7-9)3-1-2-6-13/h4-5,7,12-13H,2,6H2. The Morgan fingerprint density at radius 2 is 2.23 bits per heavy atom. The molecular formula is C10H9FOS. The first-order chi connectivity index (χ1) is 6.24. The van der Waals surface area contributed by atoms with Crippen molar-refractivity contribution in [1.29, 1.82) is 0 Å². The number of hydrogen-bond acceptors (Lipinski definition) is 2. The zero-order valence-corrected chi connectivity index (χ0v) is 7.81. The van der Waals surface area contributed by atoms with Gasteiger partial charge in [0.2, 0.25) is 0 Å². The van der Waals surface area contributed by atoms with Crippen molar-refractivity contribution in [3.05, 3.63) is 29.6 Å². The van der Waals surface area contributed by atoms with Crippen LogP contribution in [-0.2, 0) is 0 Å². The smallest absolute Gasteiger partial charge is 0.134 e. The Balaban J connectivity index is 2.85. The van der Waals surface area contributed by atoms with Crippen molar-refractivity contribution in [2.45, 2.75) is 6.42 Å². The molecule has 0 saturated heterocycles. The maximum Gasteiger partial charge on any atom is 0.134 e. The zero-order valence-electron chi connectivity index (χ0n) is 6.92. The lowest BCUT2D eigenvalue weighted by Gasteiger charge is -1.95. The van der Waals surface area contributed by atoms with E-state index in [1.807, 2.05) is 0 Å². The number of benzene rings is 1. The van der Waals surface area contributed by atoms with E-state index in [0.29, 0.717) is 17.7 Å². The fraction of sp³-hybridized carbons (Fsp3) is 0.200. The Morgan fingerprint density at radius 1 is 1.46 bits per heavy atom. The van der Waals surface area contributed by atoms with Gasteiger partial charge in [0.05, 0.1) is 5.56 Å². The molecule has 0 fully saturated rings. The molecule has 1 aromatic carbocycles. The SMILES string of the molecule is Oc1cc(F)ccc1C#CCCS. The molecule has 1 N–H and O–H groups in total. The summed E-state index contributed by atoms with van der Waals surface area (Å²) in [6.45, 7) is 0. The molecule has 3 heteroatoms. The van der Waals surface area contributed by atoms with Gasteiger partial charge < -0.3 is 5.11 Å². The minimum Gasteiger partial charge on any atom is -0.507 e. The predicted octanol–water partition coefficient (Wildman–Crippen LogP) is 2.20. The number of thiol groups is 1. The molecule has 1 rings (SSSR count). The summed E-state index contributed by atoms with van der Waals surface area (Å²) in [5.74, 6) is 5.62. The molecule has 0 radical (unpaired) electrons. The van der Waals surface area contributed by atoms with Crippen LogP contribution in [0.5, 0.6) is 5.75 Å². The van der Waals surface area contributed by atoms with E-state index < -0.39 is 5.82 Å². The minimum atomic E-state index is -0.461. The first-order valence-electron chi connectivity index (χ1n) is 3.82. The van der Waals surface area contributed by atoms with Crippen molar-refractivity contribution in [3.63, 3.8) is 0 Å². The van der Waals surface area contributed by atoms with Crippen molar-refractivity contribution in [2.24, 2.45) is 0 Å². The monoisotopic (exact) mass is 196 g/mol. The molecule has 0 aliphatic rings. The Morgan fingerprint density at radius 3 is 2.85 bits per heavy atom. The Kier molecular flexibility index (Phi) is 3.66. The number of rotatable bonds is 1. The maximum absolute atomic E-state index is 12.5. The second kappa shape index (κ2) is 4.78. The fourth-order valence-electron chi connectivity index (χ4n) is 0.824. The normalized spacial score (nSPS) is 9.08. The molecule has 0 saturated carbocycles. The summed E-state index contributed by atoms with van der Waals surface area (Å²) in [5.41, 5.74) is 0.447. The summed E-state index contributed by atoms with van der Waals surface area (Å²) in [6, 6.07) is 3.77. The van der Waals surface area contributed by atoms with Crippen LogP contribution in [0.4, 0.5) is 4.39 Å². The molecule has 0 spiro atoms. The molecule has 0 unspecified atom stereocenters. The lowest BCUT2D eigenvalue weighted by Crippen LogP contribution is -1.79. The van der Waals surface area contributed by atoms with E-state index in [2.05, 4.69) is 24.5 Å². The quantitative estimate of drug-likeness (QED) is 0.521. The van der Waals surface area contributed by atoms with Crippen LogP contribution >= 0.6 is 12.6 Å². The van der Waals surface area contributed by atoms with E-state index in [4.69, 9.17) is 0 Å². The van der Waals surface area contributed by atoms with E-state index in [9.17, 15) is 9.50 Å². The van der Waals surface area contributed by atoms with Crippen molar-refractivity contribution < 1.29 is 9.50 Å². The molecule has 1 nitrogen and oxygen atoms in total. The number of halogens is 1. The molecule has 0 bridgehead atoms. The van der Waals surface area contributed by atoms with Crippen LogP contribution in [-0.4, -0.2) is 10.9 Å². The van der Waals surface area contributed by atoms with E-state index in [0.717, 1.165) is 6.07 Å². The molecule has 0 amide bonds. The molecule has 0 aromatic heterocycles. The first kappa shape index (κ1) is 9.94. The van der Waals surface area contributed by atoms with Gasteiger partial charge >= 0.3 is 0 Å². The van der Waals surface area contributed by atoms with E-state index in [1.165, 1.54) is 12.1 Å². The van der Waals surface area contributed by atoms with Crippen molar-refractivity contribution >= 4 is 12.6 Å². The van der Waals surface area contributed by atoms with Crippen LogP contribution < -0.4 is 0 Å². The first-order valence-corrected chi connectivity index (χ1v) is 4.45. The number of phenols is 1. The summed E-state index contributed by atoms with van der Waals surface area (Å²) in [5, 5.41) is 9.23. The molecule has 13 heavy (non-hydrogen) atoms. The highest BCUT2D eigenvalue weighted by molar-refractivity contribution is 7.80. The molecule has 0 atom stereocenters. The third kappa shape index (κ3) is 3.00. The van der Waals surface area contributed by atoms with Gasteiger partial charge in [-0.3, -0.25) is 0 Å². The van der Waals surface area contributed by atoms with E-state index in [1.54, 1.807) is 0 Å². The van der Waals surface area contributed by atoms with Gasteiger partial charge in [-0.25, -0.2) is 4.39 Å². The molecule has 1 aromatic rings. The third-order valence-electron chi connectivity index (χ3n) is 1.42. The van der Waals surface area contributed by atoms with Crippen molar-refractivity contribution in [2.75, 3.05) is 5.75 Å². The number of aromatic hydroxyl groups is 1. The third-order valence-corrected chi connectivity index (χ3v) is 1.64. The summed E-state index contributed by atoms with van der Waals surface area (Å²) >= 11 is 3.98. The summed E-state index contributed by atoms with van der Waals surface area (Å²) in [7, 11) is 0. The average Bonchev–Trinajstić information content (AvgIpc) is 2.09. The second-order valence-electron chi connectivity index (χ2n) is 2.44. The summed E-state index contributed by atoms with van der Waals surface area (Å²) < 4.78 is 12.5. The Hall–Kier alpha value is -1.14. The zero-order chi connectivity index (χ0) is 9.68. The van der Waals surface area contributed by atoms with Crippen molar-refractivity contribution in [3.8, 4) is 17.6 Å². The average molecular weight is 196 g/mol. The van der Waals surface area contributed by atoms with Crippen LogP contribution in [0.2, 0.25) is 0 Å². The molecule has 0 aliphatic heterocycles. The van der Waals surface area contributed by atoms with Crippen LogP contribution in [0, 0.1) is 17.7 Å². The van der Waals surface area contributed by atoms with Crippen molar-refractivity contribution in [1.82, 2.24) is 0 Å². The van der Waals surface area contributed by atoms with Gasteiger partial charge in [0, 0.05) is 18.2 Å². The minimum absolute atomic E-state index is 0.119. The van der Waals surface area contributed by atoms with Crippen LogP contribution in [0.15, 0.2) is 18.2 Å². The summed E-state index contributed by atoms with van der Waals surface area (Å²) in [4.78, 5) is 0. The summed E-state index contributed by atoms with van der Waals surface area (Å²) in [6.07, 6.45) is 0.653. The van der Waals surface area contributed by atoms with Gasteiger partial charge in [0.1, 0.15) is 11.6 Å². The van der Waals surface area contributed by atoms with Gasteiger partial charge in [-0.05, 0) is 12.1 Å². The highest BCUT2D eigenvalue weighted by atomic mass is 32.1. The number of hydrogen-bond donors (Lipinski definition) is 2. The topological polar surface area (TPSA) is 20.2 Å². The predicted molar refractivity (Wildman–Crippen MR) is 53.4 cm³/mol. The highest BCUT2D eigenvalue weighted by Gasteiger charge is 1.98. The molecule has 0 heterocycles. The number of phenolic OH excluding ortho intramolecular Hbond substituents is 1. The molecular weight excluding hydrogens is 187 g/mol. The second-order valence-corrected chi connectivity index (χ2v) is 2.88. The van der Waals surface area contributed by atoms with Crippen LogP contribution in [0.25, 0.3) is 0 Å². The Bertz CT molecular complexity index is 352. The lowest BCUT2D eigenvalue weighted by atomic mass is 10.2. The van der Waals surface area contributed by atoms with Gasteiger partial charge in [-0.15, -0.1) is 0 Å². The van der Waals surface area contributed by atoms with Gasteiger partial charge in [0.15, 0.2) is 0 Å². The van der Waals surface area contributed by atoms with Gasteiger partial charge in [0.25, 0.3) is 0 Å². The van der Waals surface area contributed by atoms with Gasteiger partial charge in [-0.2, -0.15) is 12.6 Å². The maximum atomic E-state index is 12.5. The van der Waals surface area contributed by atoms with E-state index in [-0.39, 0.29) is 5.75 Å². The largest absolute Gasteiger partial charge is 0.507 e. The van der Waals surface area contributed by atoms with Gasteiger partial charge in [-0.1, -0.05) is 11.8 Å². The van der Waals surface area contributed by atoms with Crippen LogP contribution in [0.3, 0.4) is 0 Å². The highest BCUT2D eigenvalue weighted by Crippen LogP contribution is 2.16. The van der Waals surface area contributed by atoms with Crippen LogP contribution in [0.1, 0.15) is 12.0 Å². The van der Waals surface area contributed by atoms with E-state index >= 15 is 0 Å². The Labute approximate surface area is 82.0 Å². The fourth-order valence-corrected chi connectivity index (χ4v) is 0.936. The molecule has 68 valence electrons. The molecule has 0 aliphatic carbocycles. The lowest BCUT2D eigenvalue weighted by molar-refractivity contribution is 0.467.